The third-order valence-corrected chi connectivity index (χ3v) is 5.00. The Morgan fingerprint density at radius 3 is 2.58 bits per heavy atom. The van der Waals surface area contributed by atoms with Crippen molar-refractivity contribution < 1.29 is 19.1 Å². The van der Waals surface area contributed by atoms with Gasteiger partial charge in [0.25, 0.3) is 0 Å². The van der Waals surface area contributed by atoms with Crippen molar-refractivity contribution in [3.63, 3.8) is 0 Å². The molecule has 2 aliphatic heterocycles. The molecule has 26 heavy (non-hydrogen) atoms. The number of fused-ring (bicyclic) bond motifs is 1. The molecule has 1 unspecified atom stereocenters. The van der Waals surface area contributed by atoms with Crippen molar-refractivity contribution in [3.8, 4) is 0 Å². The third kappa shape index (κ3) is 3.71. The van der Waals surface area contributed by atoms with Crippen LogP contribution in [-0.4, -0.2) is 57.1 Å². The van der Waals surface area contributed by atoms with E-state index in [1.807, 2.05) is 9.47 Å². The minimum absolute atomic E-state index is 0.0370. The highest BCUT2D eigenvalue weighted by Gasteiger charge is 2.37. The molecule has 2 amide bonds. The van der Waals surface area contributed by atoms with Crippen molar-refractivity contribution in [2.75, 3.05) is 19.7 Å². The molecule has 0 saturated carbocycles. The van der Waals surface area contributed by atoms with E-state index < -0.39 is 0 Å². The van der Waals surface area contributed by atoms with E-state index in [2.05, 4.69) is 15.5 Å². The SMILES string of the molecule is CCOC(=O)C1CCN(C(=O)C2CCc3nnc(CNC(C)=O)n32)CC1. The summed E-state index contributed by atoms with van der Waals surface area (Å²) in [5, 5.41) is 11.0. The fraction of sp³-hybridized carbons (Fsp3) is 0.706. The van der Waals surface area contributed by atoms with E-state index in [0.29, 0.717) is 51.2 Å². The molecule has 1 atom stereocenters. The minimum Gasteiger partial charge on any atom is -0.466 e. The quantitative estimate of drug-likeness (QED) is 0.749. The number of ether oxygens (including phenoxy) is 1. The molecular formula is C17H25N5O4. The van der Waals surface area contributed by atoms with Gasteiger partial charge < -0.3 is 19.5 Å². The molecule has 0 spiro atoms. The number of nitrogens with zero attached hydrogens (tertiary/aromatic N) is 4. The number of nitrogens with one attached hydrogen (secondary N) is 1. The van der Waals surface area contributed by atoms with Crippen LogP contribution >= 0.6 is 0 Å². The van der Waals surface area contributed by atoms with E-state index in [9.17, 15) is 14.4 Å². The first-order valence-electron chi connectivity index (χ1n) is 9.13. The van der Waals surface area contributed by atoms with Gasteiger partial charge in [-0.3, -0.25) is 14.4 Å². The second-order valence-corrected chi connectivity index (χ2v) is 6.72. The van der Waals surface area contributed by atoms with Gasteiger partial charge in [0, 0.05) is 26.4 Å². The predicted octanol–water partition coefficient (Wildman–Crippen LogP) is 0.203. The maximum absolute atomic E-state index is 13.0. The number of esters is 1. The fourth-order valence-electron chi connectivity index (χ4n) is 3.65. The van der Waals surface area contributed by atoms with Gasteiger partial charge in [-0.15, -0.1) is 10.2 Å². The Morgan fingerprint density at radius 2 is 1.92 bits per heavy atom. The summed E-state index contributed by atoms with van der Waals surface area (Å²) in [4.78, 5) is 37.8. The maximum Gasteiger partial charge on any atom is 0.309 e. The van der Waals surface area contributed by atoms with Gasteiger partial charge >= 0.3 is 5.97 Å². The highest BCUT2D eigenvalue weighted by Crippen LogP contribution is 2.30. The normalized spacial score (nSPS) is 19.9. The maximum atomic E-state index is 13.0. The van der Waals surface area contributed by atoms with Gasteiger partial charge in [-0.1, -0.05) is 0 Å². The average molecular weight is 363 g/mol. The van der Waals surface area contributed by atoms with Gasteiger partial charge in [0.05, 0.1) is 19.1 Å². The van der Waals surface area contributed by atoms with Gasteiger partial charge in [-0.25, -0.2) is 0 Å². The second kappa shape index (κ2) is 7.84. The summed E-state index contributed by atoms with van der Waals surface area (Å²) in [6, 6.07) is -0.331. The molecule has 9 heteroatoms. The number of carbonyl (C=O) groups excluding carboxylic acids is 3. The third-order valence-electron chi connectivity index (χ3n) is 5.00. The number of hydrogen-bond acceptors (Lipinski definition) is 6. The number of rotatable bonds is 5. The molecule has 0 radical (unpaired) electrons. The van der Waals surface area contributed by atoms with Crippen LogP contribution in [-0.2, 0) is 32.1 Å². The lowest BCUT2D eigenvalue weighted by atomic mass is 9.96. The van der Waals surface area contributed by atoms with E-state index in [1.54, 1.807) is 6.92 Å². The van der Waals surface area contributed by atoms with Gasteiger partial charge in [0.15, 0.2) is 5.82 Å². The topological polar surface area (TPSA) is 106 Å². The molecule has 0 aliphatic carbocycles. The zero-order chi connectivity index (χ0) is 18.7. The zero-order valence-electron chi connectivity index (χ0n) is 15.2. The number of aromatic nitrogens is 3. The lowest BCUT2D eigenvalue weighted by Gasteiger charge is -2.33. The first-order valence-corrected chi connectivity index (χ1v) is 9.13. The van der Waals surface area contributed by atoms with Crippen LogP contribution in [0.15, 0.2) is 0 Å². The first kappa shape index (κ1) is 18.3. The van der Waals surface area contributed by atoms with Crippen LogP contribution in [0.25, 0.3) is 0 Å². The summed E-state index contributed by atoms with van der Waals surface area (Å²) >= 11 is 0. The molecular weight excluding hydrogens is 338 g/mol. The molecule has 1 saturated heterocycles. The van der Waals surface area contributed by atoms with Crippen LogP contribution in [0.3, 0.4) is 0 Å². The smallest absolute Gasteiger partial charge is 0.309 e. The monoisotopic (exact) mass is 363 g/mol. The Labute approximate surface area is 152 Å². The number of aryl methyl sites for hydroxylation is 1. The van der Waals surface area contributed by atoms with E-state index in [-0.39, 0.29) is 36.3 Å². The standard InChI is InChI=1S/C17H25N5O4/c1-3-26-17(25)12-6-8-21(9-7-12)16(24)13-4-5-14-19-20-15(22(13)14)10-18-11(2)23/h12-13H,3-10H2,1-2H3,(H,18,23). The predicted molar refractivity (Wildman–Crippen MR) is 90.8 cm³/mol. The van der Waals surface area contributed by atoms with Crippen molar-refractivity contribution in [3.05, 3.63) is 11.6 Å². The van der Waals surface area contributed by atoms with E-state index in [0.717, 1.165) is 5.82 Å². The summed E-state index contributed by atoms with van der Waals surface area (Å²) in [5.41, 5.74) is 0. The molecule has 0 bridgehead atoms. The van der Waals surface area contributed by atoms with Crippen molar-refractivity contribution in [2.45, 2.75) is 52.1 Å². The molecule has 1 fully saturated rings. The average Bonchev–Trinajstić information content (AvgIpc) is 3.22. The summed E-state index contributed by atoms with van der Waals surface area (Å²) in [6.07, 6.45) is 2.65. The molecule has 142 valence electrons. The molecule has 3 heterocycles. The van der Waals surface area contributed by atoms with Crippen LogP contribution < -0.4 is 5.32 Å². The number of piperidine rings is 1. The van der Waals surface area contributed by atoms with Crippen LogP contribution in [0.1, 0.15) is 50.8 Å². The largest absolute Gasteiger partial charge is 0.466 e. The van der Waals surface area contributed by atoms with Crippen LogP contribution in [0.5, 0.6) is 0 Å². The molecule has 1 N–H and O–H groups in total. The summed E-state index contributed by atoms with van der Waals surface area (Å²) < 4.78 is 6.93. The second-order valence-electron chi connectivity index (χ2n) is 6.72. The lowest BCUT2D eigenvalue weighted by molar-refractivity contribution is -0.151. The van der Waals surface area contributed by atoms with Crippen LogP contribution in [0.4, 0.5) is 0 Å². The van der Waals surface area contributed by atoms with Gasteiger partial charge in [-0.2, -0.15) is 0 Å². The minimum atomic E-state index is -0.331. The molecule has 1 aromatic heterocycles. The molecule has 0 aromatic carbocycles. The lowest BCUT2D eigenvalue weighted by Crippen LogP contribution is -2.43. The summed E-state index contributed by atoms with van der Waals surface area (Å²) in [7, 11) is 0. The Bertz CT molecular complexity index is 693. The highest BCUT2D eigenvalue weighted by atomic mass is 16.5. The Morgan fingerprint density at radius 1 is 1.19 bits per heavy atom. The van der Waals surface area contributed by atoms with Crippen molar-refractivity contribution in [2.24, 2.45) is 5.92 Å². The number of hydrogen-bond donors (Lipinski definition) is 1. The van der Waals surface area contributed by atoms with Crippen LogP contribution in [0, 0.1) is 5.92 Å². The molecule has 9 nitrogen and oxygen atoms in total. The highest BCUT2D eigenvalue weighted by molar-refractivity contribution is 5.81. The Hall–Kier alpha value is -2.45. The van der Waals surface area contributed by atoms with Crippen molar-refractivity contribution >= 4 is 17.8 Å². The number of carbonyl (C=O) groups is 3. The Kier molecular flexibility index (Phi) is 5.53. The van der Waals surface area contributed by atoms with E-state index >= 15 is 0 Å². The van der Waals surface area contributed by atoms with Crippen LogP contribution in [0.2, 0.25) is 0 Å². The van der Waals surface area contributed by atoms with Crippen molar-refractivity contribution in [1.82, 2.24) is 25.0 Å². The first-order chi connectivity index (χ1) is 12.5. The zero-order valence-corrected chi connectivity index (χ0v) is 15.2. The van der Waals surface area contributed by atoms with Gasteiger partial charge in [0.1, 0.15) is 11.9 Å². The van der Waals surface area contributed by atoms with Gasteiger partial charge in [-0.05, 0) is 26.2 Å². The molecule has 1 aromatic rings. The van der Waals surface area contributed by atoms with E-state index in [4.69, 9.17) is 4.74 Å². The summed E-state index contributed by atoms with van der Waals surface area (Å²) in [6.45, 7) is 4.99. The summed E-state index contributed by atoms with van der Waals surface area (Å²) in [5.74, 6) is 0.985. The number of likely N-dealkylation sites (tertiary alicyclic amines) is 1. The van der Waals surface area contributed by atoms with Crippen molar-refractivity contribution in [1.29, 1.82) is 0 Å². The van der Waals surface area contributed by atoms with E-state index in [1.165, 1.54) is 6.92 Å². The molecule has 2 aliphatic rings. The molecule has 3 rings (SSSR count). The Balaban J connectivity index is 1.63. The van der Waals surface area contributed by atoms with Gasteiger partial charge in [0.2, 0.25) is 11.8 Å². The fourth-order valence-corrected chi connectivity index (χ4v) is 3.65. The number of amides is 2.